The van der Waals surface area contributed by atoms with Crippen LogP contribution < -0.4 is 20.1 Å². The molecule has 0 aliphatic rings. The molecule has 0 heterocycles. The van der Waals surface area contributed by atoms with Gasteiger partial charge < -0.3 is 25.2 Å². The van der Waals surface area contributed by atoms with Crippen LogP contribution in [0.5, 0.6) is 11.5 Å². The maximum Gasteiger partial charge on any atom is 0.267 e. The molecule has 0 radical (unpaired) electrons. The summed E-state index contributed by atoms with van der Waals surface area (Å²) in [7, 11) is 0. The van der Waals surface area contributed by atoms with Crippen LogP contribution in [0, 0.1) is 6.57 Å². The predicted molar refractivity (Wildman–Crippen MR) is 146 cm³/mol. The maximum atomic E-state index is 12.9. The lowest BCUT2D eigenvalue weighted by Crippen LogP contribution is -2.36. The first-order valence-corrected chi connectivity index (χ1v) is 12.3. The van der Waals surface area contributed by atoms with Gasteiger partial charge in [-0.3, -0.25) is 9.59 Å². The first kappa shape index (κ1) is 28.0. The van der Waals surface area contributed by atoms with E-state index >= 15 is 0 Å². The molecule has 0 bridgehead atoms. The van der Waals surface area contributed by atoms with Crippen molar-refractivity contribution in [1.82, 2.24) is 10.6 Å². The van der Waals surface area contributed by atoms with Crippen molar-refractivity contribution in [3.8, 4) is 11.5 Å². The highest BCUT2D eigenvalue weighted by Gasteiger charge is 2.15. The molecule has 2 amide bonds. The first-order chi connectivity index (χ1) is 18.4. The zero-order valence-electron chi connectivity index (χ0n) is 21.4. The average molecular weight is 514 g/mol. The summed E-state index contributed by atoms with van der Waals surface area (Å²) in [6.07, 6.45) is 2.28. The second-order valence-corrected chi connectivity index (χ2v) is 8.63. The largest absolute Gasteiger partial charge is 0.493 e. The van der Waals surface area contributed by atoms with Crippen LogP contribution in [-0.4, -0.2) is 42.8 Å². The van der Waals surface area contributed by atoms with E-state index in [9.17, 15) is 9.59 Å². The Hall–Kier alpha value is -4.61. The Morgan fingerprint density at radius 3 is 2.24 bits per heavy atom. The summed E-state index contributed by atoms with van der Waals surface area (Å²) in [5.41, 5.74) is 2.76. The maximum absolute atomic E-state index is 12.9. The molecule has 38 heavy (non-hydrogen) atoms. The molecule has 3 aromatic carbocycles. The fraction of sp³-hybridized carbons (Fsp3) is 0.233. The zero-order valence-corrected chi connectivity index (χ0v) is 21.4. The van der Waals surface area contributed by atoms with E-state index in [-0.39, 0.29) is 25.0 Å². The monoisotopic (exact) mass is 513 g/mol. The Morgan fingerprint density at radius 1 is 0.974 bits per heavy atom. The number of aliphatic hydroxyl groups excluding tert-OH is 1. The number of hydrogen-bond donors (Lipinski definition) is 3. The van der Waals surface area contributed by atoms with Crippen molar-refractivity contribution in [1.29, 1.82) is 0 Å². The summed E-state index contributed by atoms with van der Waals surface area (Å²) in [6.45, 7) is 11.2. The van der Waals surface area contributed by atoms with Gasteiger partial charge in [-0.15, -0.1) is 0 Å². The van der Waals surface area contributed by atoms with Crippen molar-refractivity contribution >= 4 is 23.6 Å². The van der Waals surface area contributed by atoms with E-state index in [1.807, 2.05) is 26.0 Å². The molecule has 8 nitrogen and oxygen atoms in total. The minimum atomic E-state index is -0.515. The number of rotatable bonds is 12. The molecule has 3 rings (SSSR count). The van der Waals surface area contributed by atoms with Gasteiger partial charge >= 0.3 is 0 Å². The van der Waals surface area contributed by atoms with Gasteiger partial charge in [0.25, 0.3) is 11.8 Å². The van der Waals surface area contributed by atoms with Crippen molar-refractivity contribution in [2.24, 2.45) is 0 Å². The fourth-order valence-electron chi connectivity index (χ4n) is 3.43. The Balaban J connectivity index is 1.63. The molecule has 196 valence electrons. The quantitative estimate of drug-likeness (QED) is 0.244. The molecule has 0 aromatic heterocycles. The Morgan fingerprint density at radius 2 is 1.63 bits per heavy atom. The van der Waals surface area contributed by atoms with Gasteiger partial charge in [0.05, 0.1) is 25.9 Å². The van der Waals surface area contributed by atoms with Crippen LogP contribution in [0.4, 0.5) is 5.69 Å². The molecule has 0 unspecified atom stereocenters. The third kappa shape index (κ3) is 8.80. The van der Waals surface area contributed by atoms with Crippen molar-refractivity contribution in [3.05, 3.63) is 107 Å². The molecule has 3 aromatic rings. The minimum Gasteiger partial charge on any atom is -0.493 e. The third-order valence-electron chi connectivity index (χ3n) is 5.29. The number of ether oxygens (including phenoxy) is 2. The number of amides is 2. The summed E-state index contributed by atoms with van der Waals surface area (Å²) in [5.74, 6) is 0.341. The van der Waals surface area contributed by atoms with E-state index in [0.29, 0.717) is 41.3 Å². The lowest BCUT2D eigenvalue weighted by Gasteiger charge is -2.12. The van der Waals surface area contributed by atoms with Crippen LogP contribution in [0.2, 0.25) is 0 Å². The smallest absolute Gasteiger partial charge is 0.267 e. The van der Waals surface area contributed by atoms with Gasteiger partial charge in [0.15, 0.2) is 5.69 Å². The number of nitrogens with one attached hydrogen (secondary N) is 2. The van der Waals surface area contributed by atoms with Crippen LogP contribution in [0.1, 0.15) is 35.3 Å². The van der Waals surface area contributed by atoms with Gasteiger partial charge in [0.1, 0.15) is 17.2 Å². The van der Waals surface area contributed by atoms with Crippen molar-refractivity contribution in [2.75, 3.05) is 19.8 Å². The Labute approximate surface area is 222 Å². The van der Waals surface area contributed by atoms with Crippen LogP contribution in [0.15, 0.2) is 78.5 Å². The van der Waals surface area contributed by atoms with E-state index in [2.05, 4.69) is 15.5 Å². The number of carbonyl (C=O) groups excluding carboxylic acids is 2. The average Bonchev–Trinajstić information content (AvgIpc) is 2.92. The summed E-state index contributed by atoms with van der Waals surface area (Å²) in [4.78, 5) is 28.9. The molecule has 0 aliphatic carbocycles. The highest BCUT2D eigenvalue weighted by molar-refractivity contribution is 6.05. The van der Waals surface area contributed by atoms with Crippen LogP contribution in [0.3, 0.4) is 0 Å². The van der Waals surface area contributed by atoms with Gasteiger partial charge in [0, 0.05) is 18.5 Å². The van der Waals surface area contributed by atoms with Crippen LogP contribution in [0.25, 0.3) is 10.9 Å². The molecule has 0 fully saturated rings. The number of aliphatic hydroxyl groups is 1. The van der Waals surface area contributed by atoms with E-state index in [4.69, 9.17) is 21.2 Å². The van der Waals surface area contributed by atoms with E-state index in [1.54, 1.807) is 66.7 Å². The van der Waals surface area contributed by atoms with E-state index < -0.39 is 11.8 Å². The molecule has 0 atom stereocenters. The highest BCUT2D eigenvalue weighted by Crippen LogP contribution is 2.17. The normalized spacial score (nSPS) is 11.0. The highest BCUT2D eigenvalue weighted by atomic mass is 16.5. The number of hydrogen-bond acceptors (Lipinski definition) is 5. The van der Waals surface area contributed by atoms with Crippen LogP contribution >= 0.6 is 0 Å². The molecule has 0 saturated carbocycles. The molecule has 0 saturated heterocycles. The van der Waals surface area contributed by atoms with Crippen molar-refractivity contribution in [3.63, 3.8) is 0 Å². The predicted octanol–water partition coefficient (Wildman–Crippen LogP) is 4.53. The van der Waals surface area contributed by atoms with Gasteiger partial charge in [-0.05, 0) is 67.4 Å². The lowest BCUT2D eigenvalue weighted by atomic mass is 10.1. The fourth-order valence-corrected chi connectivity index (χ4v) is 3.43. The molecule has 0 spiro atoms. The van der Waals surface area contributed by atoms with Gasteiger partial charge in [0.2, 0.25) is 0 Å². The third-order valence-corrected chi connectivity index (χ3v) is 5.29. The minimum absolute atomic E-state index is 0.0377. The first-order valence-electron chi connectivity index (χ1n) is 12.3. The lowest BCUT2D eigenvalue weighted by molar-refractivity contribution is -0.117. The van der Waals surface area contributed by atoms with Crippen molar-refractivity contribution < 1.29 is 24.2 Å². The molecule has 8 heteroatoms. The summed E-state index contributed by atoms with van der Waals surface area (Å²) < 4.78 is 11.4. The molecule has 3 N–H and O–H groups in total. The molecule has 0 aliphatic heterocycles. The number of carbonyl (C=O) groups is 2. The van der Waals surface area contributed by atoms with Crippen molar-refractivity contribution in [2.45, 2.75) is 26.4 Å². The summed E-state index contributed by atoms with van der Waals surface area (Å²) in [6, 6.07) is 21.1. The van der Waals surface area contributed by atoms with E-state index in [1.165, 1.54) is 0 Å². The standard InChI is InChI=1S/C30H31N3O5/c1-21(2)38-27-12-6-23(7-13-27)20-28(30(36)32-17-18-34)33-29(35)24-8-14-26(15-9-24)37-19-16-22-4-10-25(31-3)11-5-22/h4-15,20-21,34H,16-19H2,1-2H3,(H,32,36)(H,33,35). The van der Waals surface area contributed by atoms with E-state index in [0.717, 1.165) is 5.56 Å². The van der Waals surface area contributed by atoms with Gasteiger partial charge in [-0.25, -0.2) is 4.85 Å². The van der Waals surface area contributed by atoms with Gasteiger partial charge in [-0.1, -0.05) is 36.4 Å². The SMILES string of the molecule is [C-]#[N+]c1ccc(CCOc2ccc(C(=O)NC(=Cc3ccc(OC(C)C)cc3)C(=O)NCCO)cc2)cc1. The Kier molecular flexibility index (Phi) is 10.5. The second kappa shape index (κ2) is 14.2. The second-order valence-electron chi connectivity index (χ2n) is 8.63. The topological polar surface area (TPSA) is 101 Å². The Bertz CT molecular complexity index is 1280. The molecular formula is C30H31N3O5. The number of benzene rings is 3. The summed E-state index contributed by atoms with van der Waals surface area (Å²) in [5, 5.41) is 14.3. The summed E-state index contributed by atoms with van der Waals surface area (Å²) >= 11 is 0. The molecular weight excluding hydrogens is 482 g/mol. The zero-order chi connectivity index (χ0) is 27.3. The van der Waals surface area contributed by atoms with Gasteiger partial charge in [-0.2, -0.15) is 0 Å². The van der Waals surface area contributed by atoms with Crippen LogP contribution in [-0.2, 0) is 11.2 Å². The number of nitrogens with zero attached hydrogens (tertiary/aromatic N) is 1.